The van der Waals surface area contributed by atoms with Crippen LogP contribution >= 0.6 is 0 Å². The number of rotatable bonds is 2. The smallest absolute Gasteiger partial charge is 0.308 e. The fourth-order valence-electron chi connectivity index (χ4n) is 5.54. The number of carboxylic acids is 1. The van der Waals surface area contributed by atoms with Crippen molar-refractivity contribution in [3.63, 3.8) is 0 Å². The molecule has 3 aliphatic carbocycles. The maximum absolute atomic E-state index is 12.9. The Hall–Kier alpha value is -1.39. The third kappa shape index (κ3) is 1.66. The standard InChI is InChI=1S/C16H21NO4/c18-11-8-16(5-1-2-6-16)15(21)17(11)13-10-4-3-9(7-10)12(13)14(19)20/h9-10,12-13H,1-8H2,(H,19,20). The molecule has 1 aliphatic heterocycles. The van der Waals surface area contributed by atoms with Crippen molar-refractivity contribution in [2.75, 3.05) is 0 Å². The Bertz CT molecular complexity index is 522. The summed E-state index contributed by atoms with van der Waals surface area (Å²) >= 11 is 0. The number of nitrogens with zero attached hydrogens (tertiary/aromatic N) is 1. The van der Waals surface area contributed by atoms with Crippen molar-refractivity contribution in [3.05, 3.63) is 0 Å². The van der Waals surface area contributed by atoms with Gasteiger partial charge in [-0.3, -0.25) is 19.3 Å². The minimum absolute atomic E-state index is 0.0613. The molecule has 4 aliphatic rings. The van der Waals surface area contributed by atoms with E-state index in [1.165, 1.54) is 4.90 Å². The summed E-state index contributed by atoms with van der Waals surface area (Å²) in [6.45, 7) is 0. The van der Waals surface area contributed by atoms with Gasteiger partial charge in [-0.25, -0.2) is 0 Å². The van der Waals surface area contributed by atoms with Gasteiger partial charge in [-0.1, -0.05) is 12.8 Å². The van der Waals surface area contributed by atoms with Gasteiger partial charge in [-0.2, -0.15) is 0 Å². The number of carboxylic acid groups (broad SMARTS) is 1. The van der Waals surface area contributed by atoms with E-state index in [2.05, 4.69) is 0 Å². The second-order valence-corrected chi connectivity index (χ2v) is 7.42. The molecule has 2 bridgehead atoms. The number of aliphatic carboxylic acids is 1. The lowest BCUT2D eigenvalue weighted by Gasteiger charge is -2.35. The number of hydrogen-bond donors (Lipinski definition) is 1. The summed E-state index contributed by atoms with van der Waals surface area (Å²) in [4.78, 5) is 38.4. The van der Waals surface area contributed by atoms with E-state index in [-0.39, 0.29) is 29.7 Å². The Kier molecular flexibility index (Phi) is 2.72. The third-order valence-electron chi connectivity index (χ3n) is 6.45. The van der Waals surface area contributed by atoms with Crippen LogP contribution in [0.4, 0.5) is 0 Å². The van der Waals surface area contributed by atoms with Crippen molar-refractivity contribution in [2.45, 2.75) is 57.4 Å². The molecule has 2 amide bonds. The summed E-state index contributed by atoms with van der Waals surface area (Å²) in [5, 5.41) is 9.55. The molecular weight excluding hydrogens is 270 g/mol. The molecule has 0 aromatic heterocycles. The van der Waals surface area contributed by atoms with E-state index < -0.39 is 17.3 Å². The zero-order valence-electron chi connectivity index (χ0n) is 12.1. The van der Waals surface area contributed by atoms with E-state index in [9.17, 15) is 19.5 Å². The highest BCUT2D eigenvalue weighted by Gasteiger charge is 2.61. The predicted molar refractivity (Wildman–Crippen MR) is 73.1 cm³/mol. The average Bonchev–Trinajstić information content (AvgIpc) is 3.15. The molecule has 3 saturated carbocycles. The van der Waals surface area contributed by atoms with Crippen LogP contribution in [-0.2, 0) is 14.4 Å². The van der Waals surface area contributed by atoms with Crippen molar-refractivity contribution < 1.29 is 19.5 Å². The van der Waals surface area contributed by atoms with Crippen LogP contribution in [0.2, 0.25) is 0 Å². The largest absolute Gasteiger partial charge is 0.481 e. The number of carbonyl (C=O) groups excluding carboxylic acids is 2. The minimum Gasteiger partial charge on any atom is -0.481 e. The monoisotopic (exact) mass is 291 g/mol. The number of amides is 2. The van der Waals surface area contributed by atoms with Gasteiger partial charge in [-0.05, 0) is 43.9 Å². The summed E-state index contributed by atoms with van der Waals surface area (Å²) in [5.74, 6) is -1.19. The second kappa shape index (κ2) is 4.31. The molecule has 5 heteroatoms. The predicted octanol–water partition coefficient (Wildman–Crippen LogP) is 1.80. The zero-order valence-corrected chi connectivity index (χ0v) is 12.1. The quantitative estimate of drug-likeness (QED) is 0.787. The fraction of sp³-hybridized carbons (Fsp3) is 0.812. The van der Waals surface area contributed by atoms with Gasteiger partial charge in [-0.15, -0.1) is 0 Å². The molecule has 1 saturated heterocycles. The van der Waals surface area contributed by atoms with E-state index in [0.29, 0.717) is 6.42 Å². The third-order valence-corrected chi connectivity index (χ3v) is 6.45. The van der Waals surface area contributed by atoms with Crippen LogP contribution in [-0.4, -0.2) is 33.8 Å². The summed E-state index contributed by atoms with van der Waals surface area (Å²) < 4.78 is 0. The summed E-state index contributed by atoms with van der Waals surface area (Å²) in [6, 6.07) is -0.374. The molecular formula is C16H21NO4. The maximum atomic E-state index is 12.9. The summed E-state index contributed by atoms with van der Waals surface area (Å²) in [6.07, 6.45) is 6.68. The summed E-state index contributed by atoms with van der Waals surface area (Å²) in [7, 11) is 0. The molecule has 0 radical (unpaired) electrons. The molecule has 5 nitrogen and oxygen atoms in total. The lowest BCUT2D eigenvalue weighted by Crippen LogP contribution is -2.50. The molecule has 1 spiro atoms. The highest BCUT2D eigenvalue weighted by molar-refractivity contribution is 6.06. The Balaban J connectivity index is 1.68. The lowest BCUT2D eigenvalue weighted by molar-refractivity contribution is -0.153. The number of imide groups is 1. The molecule has 4 unspecified atom stereocenters. The van der Waals surface area contributed by atoms with Crippen LogP contribution in [0.3, 0.4) is 0 Å². The number of likely N-dealkylation sites (tertiary alicyclic amines) is 1. The van der Waals surface area contributed by atoms with E-state index >= 15 is 0 Å². The first-order valence-corrected chi connectivity index (χ1v) is 8.13. The molecule has 1 heterocycles. The minimum atomic E-state index is -0.833. The van der Waals surface area contributed by atoms with Gasteiger partial charge in [0.05, 0.1) is 17.4 Å². The van der Waals surface area contributed by atoms with Gasteiger partial charge in [0.15, 0.2) is 0 Å². The van der Waals surface area contributed by atoms with Gasteiger partial charge in [0.2, 0.25) is 11.8 Å². The Morgan fingerprint density at radius 1 is 1.14 bits per heavy atom. The molecule has 114 valence electrons. The molecule has 4 fully saturated rings. The van der Waals surface area contributed by atoms with Crippen molar-refractivity contribution in [1.82, 2.24) is 4.90 Å². The maximum Gasteiger partial charge on any atom is 0.308 e. The first-order chi connectivity index (χ1) is 10.0. The van der Waals surface area contributed by atoms with E-state index in [4.69, 9.17) is 0 Å². The van der Waals surface area contributed by atoms with Crippen molar-refractivity contribution in [2.24, 2.45) is 23.2 Å². The van der Waals surface area contributed by atoms with E-state index in [1.54, 1.807) is 0 Å². The van der Waals surface area contributed by atoms with Crippen LogP contribution in [0.25, 0.3) is 0 Å². The van der Waals surface area contributed by atoms with Gasteiger partial charge in [0.1, 0.15) is 0 Å². The molecule has 4 atom stereocenters. The van der Waals surface area contributed by atoms with Crippen LogP contribution in [0.15, 0.2) is 0 Å². The van der Waals surface area contributed by atoms with Gasteiger partial charge >= 0.3 is 5.97 Å². The molecule has 0 aromatic carbocycles. The Labute approximate surface area is 123 Å². The zero-order chi connectivity index (χ0) is 14.8. The van der Waals surface area contributed by atoms with E-state index in [1.807, 2.05) is 0 Å². The molecule has 21 heavy (non-hydrogen) atoms. The van der Waals surface area contributed by atoms with Crippen molar-refractivity contribution >= 4 is 17.8 Å². The average molecular weight is 291 g/mol. The first kappa shape index (κ1) is 13.3. The fourth-order valence-corrected chi connectivity index (χ4v) is 5.54. The van der Waals surface area contributed by atoms with Crippen LogP contribution in [0, 0.1) is 23.2 Å². The second-order valence-electron chi connectivity index (χ2n) is 7.42. The molecule has 1 N–H and O–H groups in total. The van der Waals surface area contributed by atoms with Crippen LogP contribution in [0.5, 0.6) is 0 Å². The lowest BCUT2D eigenvalue weighted by atomic mass is 9.82. The molecule has 0 aromatic rings. The highest BCUT2D eigenvalue weighted by Crippen LogP contribution is 2.55. The highest BCUT2D eigenvalue weighted by atomic mass is 16.4. The number of carbonyl (C=O) groups is 3. The Morgan fingerprint density at radius 3 is 2.48 bits per heavy atom. The van der Waals surface area contributed by atoms with Gasteiger partial charge < -0.3 is 5.11 Å². The normalized spacial score (nSPS) is 40.7. The number of fused-ring (bicyclic) bond motifs is 2. The topological polar surface area (TPSA) is 74.7 Å². The Morgan fingerprint density at radius 2 is 1.81 bits per heavy atom. The first-order valence-electron chi connectivity index (χ1n) is 8.13. The van der Waals surface area contributed by atoms with Crippen LogP contribution in [0.1, 0.15) is 51.4 Å². The number of hydrogen-bond acceptors (Lipinski definition) is 3. The van der Waals surface area contributed by atoms with Crippen molar-refractivity contribution in [3.8, 4) is 0 Å². The van der Waals surface area contributed by atoms with Crippen molar-refractivity contribution in [1.29, 1.82) is 0 Å². The van der Waals surface area contributed by atoms with Gasteiger partial charge in [0.25, 0.3) is 0 Å². The SMILES string of the molecule is O=C(O)C1C2CCC(C2)C1N1C(=O)CC2(CCCC2)C1=O. The molecule has 4 rings (SSSR count). The van der Waals surface area contributed by atoms with Crippen LogP contribution < -0.4 is 0 Å². The van der Waals surface area contributed by atoms with E-state index in [0.717, 1.165) is 44.9 Å². The summed E-state index contributed by atoms with van der Waals surface area (Å²) in [5.41, 5.74) is -0.484. The van der Waals surface area contributed by atoms with Gasteiger partial charge in [0, 0.05) is 6.42 Å².